The summed E-state index contributed by atoms with van der Waals surface area (Å²) < 4.78 is 11.0. The molecule has 0 radical (unpaired) electrons. The molecular weight excluding hydrogens is 178 g/mol. The number of nitrogens with one attached hydrogen (secondary N) is 1. The molecule has 3 nitrogen and oxygen atoms in total. The maximum Gasteiger partial charge on any atom is 0.159 e. The summed E-state index contributed by atoms with van der Waals surface area (Å²) in [6.45, 7) is 4.87. The van der Waals surface area contributed by atoms with Crippen LogP contribution in [0.5, 0.6) is 0 Å². The summed E-state index contributed by atoms with van der Waals surface area (Å²) in [7, 11) is 0. The number of hydrogen-bond donors (Lipinski definition) is 1. The molecule has 2 aliphatic rings. The summed E-state index contributed by atoms with van der Waals surface area (Å²) in [4.78, 5) is 0. The molecule has 82 valence electrons. The summed E-state index contributed by atoms with van der Waals surface area (Å²) in [6, 6.07) is 0.623. The van der Waals surface area contributed by atoms with Gasteiger partial charge in [0.05, 0.1) is 13.2 Å². The van der Waals surface area contributed by atoms with E-state index in [9.17, 15) is 0 Å². The normalized spacial score (nSPS) is 25.5. The Labute approximate surface area is 86.2 Å². The minimum absolute atomic E-state index is 0.0601. The summed E-state index contributed by atoms with van der Waals surface area (Å²) in [5.74, 6) is 0.884. The van der Waals surface area contributed by atoms with Crippen LogP contribution in [0.25, 0.3) is 0 Å². The van der Waals surface area contributed by atoms with Gasteiger partial charge >= 0.3 is 0 Å². The molecule has 0 spiro atoms. The molecule has 3 heteroatoms. The van der Waals surface area contributed by atoms with Crippen LogP contribution in [0.15, 0.2) is 0 Å². The first-order chi connectivity index (χ1) is 6.90. The van der Waals surface area contributed by atoms with Gasteiger partial charge in [0.1, 0.15) is 0 Å². The fourth-order valence-electron chi connectivity index (χ4n) is 2.02. The zero-order chi connectivity index (χ0) is 9.80. The van der Waals surface area contributed by atoms with E-state index in [1.807, 2.05) is 0 Å². The minimum Gasteiger partial charge on any atom is -0.350 e. The van der Waals surface area contributed by atoms with E-state index in [-0.39, 0.29) is 6.29 Å². The van der Waals surface area contributed by atoms with Gasteiger partial charge in [-0.25, -0.2) is 0 Å². The lowest BCUT2D eigenvalue weighted by atomic mass is 10.1. The highest BCUT2D eigenvalue weighted by Crippen LogP contribution is 2.35. The minimum atomic E-state index is 0.0601. The predicted octanol–water partition coefficient (Wildman–Crippen LogP) is 1.53. The third-order valence-corrected chi connectivity index (χ3v) is 2.98. The van der Waals surface area contributed by atoms with Gasteiger partial charge in [-0.2, -0.15) is 0 Å². The quantitative estimate of drug-likeness (QED) is 0.703. The molecule has 2 fully saturated rings. The predicted molar refractivity (Wildman–Crippen MR) is 55.1 cm³/mol. The fourth-order valence-corrected chi connectivity index (χ4v) is 2.02. The maximum atomic E-state index is 5.48. The lowest BCUT2D eigenvalue weighted by Crippen LogP contribution is -2.35. The standard InChI is InChI=1S/C11H21NO2/c1-2-5-12-10(9-3-4-9)8-11-13-6-7-14-11/h9-12H,2-8H2,1H3. The Hall–Kier alpha value is -0.120. The number of ether oxygens (including phenoxy) is 2. The summed E-state index contributed by atoms with van der Waals surface area (Å²) in [6.07, 6.45) is 5.06. The van der Waals surface area contributed by atoms with Crippen molar-refractivity contribution in [3.8, 4) is 0 Å². The first-order valence-electron chi connectivity index (χ1n) is 5.86. The van der Waals surface area contributed by atoms with E-state index in [4.69, 9.17) is 9.47 Å². The summed E-state index contributed by atoms with van der Waals surface area (Å²) in [5, 5.41) is 3.60. The molecule has 2 rings (SSSR count). The van der Waals surface area contributed by atoms with Crippen molar-refractivity contribution in [1.82, 2.24) is 5.32 Å². The highest BCUT2D eigenvalue weighted by atomic mass is 16.7. The molecule has 1 saturated carbocycles. The second-order valence-electron chi connectivity index (χ2n) is 4.30. The Morgan fingerprint density at radius 3 is 2.57 bits per heavy atom. The maximum absolute atomic E-state index is 5.48. The molecule has 0 aromatic rings. The summed E-state index contributed by atoms with van der Waals surface area (Å²) >= 11 is 0. The molecule has 1 aliphatic carbocycles. The molecular formula is C11H21NO2. The van der Waals surface area contributed by atoms with Crippen LogP contribution in [0, 0.1) is 5.92 Å². The Kier molecular flexibility index (Phi) is 3.79. The molecule has 1 unspecified atom stereocenters. The van der Waals surface area contributed by atoms with Gasteiger partial charge in [-0.3, -0.25) is 0 Å². The lowest BCUT2D eigenvalue weighted by molar-refractivity contribution is -0.0540. The molecule has 0 aromatic carbocycles. The van der Waals surface area contributed by atoms with Crippen LogP contribution in [-0.2, 0) is 9.47 Å². The zero-order valence-corrected chi connectivity index (χ0v) is 9.00. The first-order valence-corrected chi connectivity index (χ1v) is 5.86. The second kappa shape index (κ2) is 5.10. The number of hydrogen-bond acceptors (Lipinski definition) is 3. The smallest absolute Gasteiger partial charge is 0.159 e. The van der Waals surface area contributed by atoms with Crippen molar-refractivity contribution < 1.29 is 9.47 Å². The molecule has 1 atom stereocenters. The topological polar surface area (TPSA) is 30.5 Å². The van der Waals surface area contributed by atoms with Crippen molar-refractivity contribution in [3.05, 3.63) is 0 Å². The van der Waals surface area contributed by atoms with Gasteiger partial charge in [-0.05, 0) is 31.7 Å². The van der Waals surface area contributed by atoms with Crippen LogP contribution < -0.4 is 5.32 Å². The largest absolute Gasteiger partial charge is 0.350 e. The van der Waals surface area contributed by atoms with Crippen molar-refractivity contribution in [2.24, 2.45) is 5.92 Å². The number of rotatable bonds is 6. The lowest BCUT2D eigenvalue weighted by Gasteiger charge is -2.20. The Morgan fingerprint density at radius 1 is 1.29 bits per heavy atom. The van der Waals surface area contributed by atoms with E-state index in [0.29, 0.717) is 6.04 Å². The highest BCUT2D eigenvalue weighted by Gasteiger charge is 2.33. The average Bonchev–Trinajstić information content (AvgIpc) is 2.92. The van der Waals surface area contributed by atoms with E-state index in [1.165, 1.54) is 19.3 Å². The van der Waals surface area contributed by atoms with E-state index in [2.05, 4.69) is 12.2 Å². The van der Waals surface area contributed by atoms with Gasteiger partial charge in [-0.1, -0.05) is 6.92 Å². The Bertz CT molecular complexity index is 165. The molecule has 1 aliphatic heterocycles. The van der Waals surface area contributed by atoms with Gasteiger partial charge in [0.25, 0.3) is 0 Å². The molecule has 1 N–H and O–H groups in total. The molecule has 0 amide bonds. The van der Waals surface area contributed by atoms with Gasteiger partial charge in [0.15, 0.2) is 6.29 Å². The van der Waals surface area contributed by atoms with Crippen LogP contribution in [0.4, 0.5) is 0 Å². The SMILES string of the molecule is CCCNC(CC1OCCO1)C1CC1. The Balaban J connectivity index is 1.71. The van der Waals surface area contributed by atoms with Gasteiger partial charge in [0, 0.05) is 12.5 Å². The monoisotopic (exact) mass is 199 g/mol. The van der Waals surface area contributed by atoms with Crippen molar-refractivity contribution in [3.63, 3.8) is 0 Å². The molecule has 1 heterocycles. The van der Waals surface area contributed by atoms with Crippen molar-refractivity contribution in [1.29, 1.82) is 0 Å². The second-order valence-corrected chi connectivity index (χ2v) is 4.30. The van der Waals surface area contributed by atoms with Crippen LogP contribution in [0.1, 0.15) is 32.6 Å². The molecule has 1 saturated heterocycles. The van der Waals surface area contributed by atoms with E-state index < -0.39 is 0 Å². The van der Waals surface area contributed by atoms with Gasteiger partial charge < -0.3 is 14.8 Å². The van der Waals surface area contributed by atoms with Crippen LogP contribution in [0.2, 0.25) is 0 Å². The molecule has 14 heavy (non-hydrogen) atoms. The fraction of sp³-hybridized carbons (Fsp3) is 1.00. The third kappa shape index (κ3) is 2.94. The van der Waals surface area contributed by atoms with Crippen molar-refractivity contribution in [2.45, 2.75) is 44.9 Å². The van der Waals surface area contributed by atoms with Crippen molar-refractivity contribution in [2.75, 3.05) is 19.8 Å². The van der Waals surface area contributed by atoms with Crippen molar-refractivity contribution >= 4 is 0 Å². The highest BCUT2D eigenvalue weighted by molar-refractivity contribution is 4.87. The van der Waals surface area contributed by atoms with Gasteiger partial charge in [0.2, 0.25) is 0 Å². The molecule has 0 bridgehead atoms. The van der Waals surface area contributed by atoms with E-state index in [0.717, 1.165) is 32.1 Å². The van der Waals surface area contributed by atoms with E-state index in [1.54, 1.807) is 0 Å². The van der Waals surface area contributed by atoms with Crippen LogP contribution >= 0.6 is 0 Å². The third-order valence-electron chi connectivity index (χ3n) is 2.98. The van der Waals surface area contributed by atoms with E-state index >= 15 is 0 Å². The first kappa shape index (κ1) is 10.4. The van der Waals surface area contributed by atoms with Crippen LogP contribution in [-0.4, -0.2) is 32.1 Å². The van der Waals surface area contributed by atoms with Crippen LogP contribution in [0.3, 0.4) is 0 Å². The van der Waals surface area contributed by atoms with Gasteiger partial charge in [-0.15, -0.1) is 0 Å². The summed E-state index contributed by atoms with van der Waals surface area (Å²) in [5.41, 5.74) is 0. The Morgan fingerprint density at radius 2 is 2.00 bits per heavy atom. The average molecular weight is 199 g/mol. The zero-order valence-electron chi connectivity index (χ0n) is 9.00. The molecule has 0 aromatic heterocycles.